The van der Waals surface area contributed by atoms with Crippen LogP contribution in [0.25, 0.3) is 0 Å². The molecule has 1 aliphatic rings. The first-order valence-corrected chi connectivity index (χ1v) is 8.33. The van der Waals surface area contributed by atoms with Gasteiger partial charge in [-0.2, -0.15) is 0 Å². The van der Waals surface area contributed by atoms with Crippen molar-refractivity contribution in [2.75, 3.05) is 6.61 Å². The van der Waals surface area contributed by atoms with Crippen molar-refractivity contribution in [3.63, 3.8) is 0 Å². The molecule has 1 unspecified atom stereocenters. The van der Waals surface area contributed by atoms with Crippen molar-refractivity contribution >= 4 is 17.6 Å². The molecule has 0 amide bonds. The van der Waals surface area contributed by atoms with Crippen molar-refractivity contribution in [3.8, 4) is 5.75 Å². The Morgan fingerprint density at radius 2 is 2.05 bits per heavy atom. The molecule has 0 heterocycles. The van der Waals surface area contributed by atoms with Gasteiger partial charge in [0.25, 0.3) is 0 Å². The van der Waals surface area contributed by atoms with E-state index >= 15 is 0 Å². The Balaban J connectivity index is 1.97. The molecular formula is C18H23ClO3. The second kappa shape index (κ2) is 8.84. The number of esters is 1. The summed E-state index contributed by atoms with van der Waals surface area (Å²) in [7, 11) is 0. The average Bonchev–Trinajstić information content (AvgIpc) is 2.54. The molecule has 0 saturated carbocycles. The number of ether oxygens (including phenoxy) is 2. The van der Waals surface area contributed by atoms with Crippen LogP contribution in [-0.4, -0.2) is 18.7 Å². The van der Waals surface area contributed by atoms with Crippen LogP contribution >= 0.6 is 11.6 Å². The van der Waals surface area contributed by atoms with E-state index in [4.69, 9.17) is 21.1 Å². The maximum atomic E-state index is 12.1. The lowest BCUT2D eigenvalue weighted by molar-refractivity contribution is -0.151. The molecule has 3 nitrogen and oxygen atoms in total. The maximum Gasteiger partial charge on any atom is 0.347 e. The predicted octanol–water partition coefficient (Wildman–Crippen LogP) is 4.93. The van der Waals surface area contributed by atoms with Gasteiger partial charge in [0.05, 0.1) is 6.61 Å². The van der Waals surface area contributed by atoms with Crippen molar-refractivity contribution in [2.45, 2.75) is 51.6 Å². The summed E-state index contributed by atoms with van der Waals surface area (Å²) in [4.78, 5) is 12.1. The molecule has 0 aliphatic heterocycles. The number of carbonyl (C=O) groups is 1. The third kappa shape index (κ3) is 5.38. The molecule has 0 N–H and O–H groups in total. The zero-order valence-corrected chi connectivity index (χ0v) is 13.8. The second-order valence-electron chi connectivity index (χ2n) is 5.46. The van der Waals surface area contributed by atoms with Gasteiger partial charge in [0, 0.05) is 5.02 Å². The van der Waals surface area contributed by atoms with Gasteiger partial charge in [-0.25, -0.2) is 4.79 Å². The Labute approximate surface area is 137 Å². The van der Waals surface area contributed by atoms with Crippen molar-refractivity contribution in [2.24, 2.45) is 0 Å². The van der Waals surface area contributed by atoms with E-state index in [0.29, 0.717) is 23.8 Å². The molecule has 1 atom stereocenters. The molecular weight excluding hydrogens is 300 g/mol. The lowest BCUT2D eigenvalue weighted by atomic mass is 9.95. The number of halogens is 1. The second-order valence-corrected chi connectivity index (χ2v) is 5.90. The zero-order valence-electron chi connectivity index (χ0n) is 13.0. The first-order valence-electron chi connectivity index (χ1n) is 7.96. The number of hydrogen-bond acceptors (Lipinski definition) is 3. The molecule has 1 aromatic rings. The van der Waals surface area contributed by atoms with Crippen LogP contribution in [0.15, 0.2) is 35.9 Å². The molecule has 22 heavy (non-hydrogen) atoms. The summed E-state index contributed by atoms with van der Waals surface area (Å²) in [6.07, 6.45) is 8.07. The first-order chi connectivity index (χ1) is 10.7. The lowest BCUT2D eigenvalue weighted by Gasteiger charge is -2.19. The number of allylic oxidation sites excluding steroid dienone is 2. The normalized spacial score (nSPS) is 15.8. The fourth-order valence-corrected chi connectivity index (χ4v) is 2.71. The van der Waals surface area contributed by atoms with Crippen LogP contribution in [0.2, 0.25) is 5.02 Å². The Hall–Kier alpha value is -1.48. The van der Waals surface area contributed by atoms with Crippen molar-refractivity contribution in [1.82, 2.24) is 0 Å². The predicted molar refractivity (Wildman–Crippen MR) is 88.3 cm³/mol. The van der Waals surface area contributed by atoms with Gasteiger partial charge in [-0.05, 0) is 69.7 Å². The van der Waals surface area contributed by atoms with Gasteiger partial charge in [-0.15, -0.1) is 0 Å². The summed E-state index contributed by atoms with van der Waals surface area (Å²) in [6.45, 7) is 2.17. The highest BCUT2D eigenvalue weighted by molar-refractivity contribution is 6.30. The highest BCUT2D eigenvalue weighted by atomic mass is 35.5. The minimum Gasteiger partial charge on any atom is -0.479 e. The third-order valence-electron chi connectivity index (χ3n) is 3.75. The quantitative estimate of drug-likeness (QED) is 0.527. The minimum atomic E-state index is -0.566. The average molecular weight is 323 g/mol. The van der Waals surface area contributed by atoms with Crippen LogP contribution in [0, 0.1) is 0 Å². The molecule has 0 bridgehead atoms. The third-order valence-corrected chi connectivity index (χ3v) is 4.01. The minimum absolute atomic E-state index is 0.297. The summed E-state index contributed by atoms with van der Waals surface area (Å²) in [5.74, 6) is 0.342. The fourth-order valence-electron chi connectivity index (χ4n) is 2.59. The van der Waals surface area contributed by atoms with E-state index in [-0.39, 0.29) is 5.97 Å². The van der Waals surface area contributed by atoms with Gasteiger partial charge in [0.2, 0.25) is 0 Å². The SMILES string of the molecule is CCOC(=O)C(CCC1=CCCCC1)Oc1ccc(Cl)cc1. The van der Waals surface area contributed by atoms with E-state index in [1.165, 1.54) is 18.4 Å². The van der Waals surface area contributed by atoms with Crippen LogP contribution < -0.4 is 4.74 Å². The summed E-state index contributed by atoms with van der Waals surface area (Å²) >= 11 is 5.87. The summed E-state index contributed by atoms with van der Waals surface area (Å²) in [5, 5.41) is 0.646. The van der Waals surface area contributed by atoms with Gasteiger partial charge in [0.15, 0.2) is 6.10 Å². The highest BCUT2D eigenvalue weighted by Crippen LogP contribution is 2.24. The van der Waals surface area contributed by atoms with Crippen LogP contribution in [0.1, 0.15) is 45.4 Å². The standard InChI is InChI=1S/C18H23ClO3/c1-2-21-18(20)17(13-8-14-6-4-3-5-7-14)22-16-11-9-15(19)10-12-16/h6,9-12,17H,2-5,7-8,13H2,1H3. The highest BCUT2D eigenvalue weighted by Gasteiger charge is 2.22. The van der Waals surface area contributed by atoms with Crippen LogP contribution in [-0.2, 0) is 9.53 Å². The molecule has 1 aliphatic carbocycles. The van der Waals surface area contributed by atoms with E-state index in [0.717, 1.165) is 19.3 Å². The lowest BCUT2D eigenvalue weighted by Crippen LogP contribution is -2.29. The Bertz CT molecular complexity index is 508. The molecule has 120 valence electrons. The molecule has 0 saturated heterocycles. The van der Waals surface area contributed by atoms with Crippen LogP contribution in [0.4, 0.5) is 0 Å². The monoisotopic (exact) mass is 322 g/mol. The van der Waals surface area contributed by atoms with Gasteiger partial charge in [-0.3, -0.25) is 0 Å². The first kappa shape index (κ1) is 16.9. The smallest absolute Gasteiger partial charge is 0.347 e. The Kier molecular flexibility index (Phi) is 6.78. The number of hydrogen-bond donors (Lipinski definition) is 0. The van der Waals surface area contributed by atoms with Gasteiger partial charge >= 0.3 is 5.97 Å². The largest absolute Gasteiger partial charge is 0.479 e. The Morgan fingerprint density at radius 3 is 2.68 bits per heavy atom. The van der Waals surface area contributed by atoms with Crippen LogP contribution in [0.3, 0.4) is 0 Å². The van der Waals surface area contributed by atoms with Gasteiger partial charge in [-0.1, -0.05) is 23.3 Å². The van der Waals surface area contributed by atoms with E-state index < -0.39 is 6.10 Å². The molecule has 0 spiro atoms. The topological polar surface area (TPSA) is 35.5 Å². The van der Waals surface area contributed by atoms with Crippen LogP contribution in [0.5, 0.6) is 5.75 Å². The molecule has 0 fully saturated rings. The summed E-state index contributed by atoms with van der Waals surface area (Å²) < 4.78 is 10.9. The molecule has 0 aromatic heterocycles. The van der Waals surface area contributed by atoms with Crippen molar-refractivity contribution in [1.29, 1.82) is 0 Å². The van der Waals surface area contributed by atoms with Gasteiger partial charge < -0.3 is 9.47 Å². The fraction of sp³-hybridized carbons (Fsp3) is 0.500. The molecule has 2 rings (SSSR count). The van der Waals surface area contributed by atoms with E-state index in [2.05, 4.69) is 6.08 Å². The maximum absolute atomic E-state index is 12.1. The summed E-state index contributed by atoms with van der Waals surface area (Å²) in [5.41, 5.74) is 1.43. The summed E-state index contributed by atoms with van der Waals surface area (Å²) in [6, 6.07) is 7.05. The van der Waals surface area contributed by atoms with Crippen molar-refractivity contribution in [3.05, 3.63) is 40.9 Å². The molecule has 0 radical (unpaired) electrons. The number of rotatable bonds is 7. The molecule has 1 aromatic carbocycles. The van der Waals surface area contributed by atoms with E-state index in [1.54, 1.807) is 31.2 Å². The van der Waals surface area contributed by atoms with Crippen molar-refractivity contribution < 1.29 is 14.3 Å². The van der Waals surface area contributed by atoms with E-state index in [1.807, 2.05) is 0 Å². The zero-order chi connectivity index (χ0) is 15.8. The van der Waals surface area contributed by atoms with E-state index in [9.17, 15) is 4.79 Å². The number of benzene rings is 1. The van der Waals surface area contributed by atoms with Gasteiger partial charge in [0.1, 0.15) is 5.75 Å². The number of carbonyl (C=O) groups excluding carboxylic acids is 1. The Morgan fingerprint density at radius 1 is 1.27 bits per heavy atom. The molecule has 4 heteroatoms.